The molecule has 0 spiro atoms. The average Bonchev–Trinajstić information content (AvgIpc) is 1.87. The number of nitrogens with two attached hydrogens (primary N) is 1. The lowest BCUT2D eigenvalue weighted by molar-refractivity contribution is -0.139. The maximum Gasteiger partial charge on any atom is 0.320 e. The smallest absolute Gasteiger partial charge is 0.320 e. The maximum absolute atomic E-state index is 10.1. The Morgan fingerprint density at radius 1 is 1.64 bits per heavy atom. The van der Waals surface area contributed by atoms with E-state index in [-0.39, 0.29) is 24.9 Å². The lowest BCUT2D eigenvalue weighted by atomic mass is 10.0. The van der Waals surface area contributed by atoms with Crippen LogP contribution in [0.1, 0.15) is 13.3 Å². The van der Waals surface area contributed by atoms with Crippen LogP contribution in [0.3, 0.4) is 0 Å². The summed E-state index contributed by atoms with van der Waals surface area (Å²) in [5.41, 5.74) is 5.18. The van der Waals surface area contributed by atoms with E-state index in [1.165, 1.54) is 0 Å². The molecule has 0 radical (unpaired) electrons. The van der Waals surface area contributed by atoms with Crippen LogP contribution in [-0.4, -0.2) is 28.8 Å². The van der Waals surface area contributed by atoms with E-state index in [1.54, 1.807) is 6.92 Å². The molecule has 0 aliphatic rings. The summed E-state index contributed by atoms with van der Waals surface area (Å²) in [4.78, 5) is 10.1. The van der Waals surface area contributed by atoms with Crippen molar-refractivity contribution >= 4 is 18.4 Å². The Hall–Kier alpha value is -0.320. The number of aliphatic carboxylic acids is 1. The van der Waals surface area contributed by atoms with Gasteiger partial charge in [0.2, 0.25) is 0 Å². The topological polar surface area (TPSA) is 83.5 Å². The van der Waals surface area contributed by atoms with Gasteiger partial charge in [-0.3, -0.25) is 4.79 Å². The molecule has 0 saturated heterocycles. The number of aliphatic hydroxyl groups is 1. The zero-order valence-corrected chi connectivity index (χ0v) is 7.17. The number of carbonyl (C=O) groups is 1. The minimum atomic E-state index is -1.01. The molecule has 11 heavy (non-hydrogen) atoms. The Kier molecular flexibility index (Phi) is 7.72. The zero-order chi connectivity index (χ0) is 8.15. The highest BCUT2D eigenvalue weighted by molar-refractivity contribution is 5.85. The van der Waals surface area contributed by atoms with E-state index in [2.05, 4.69) is 0 Å². The fourth-order valence-corrected chi connectivity index (χ4v) is 0.609. The van der Waals surface area contributed by atoms with Crippen molar-refractivity contribution in [1.82, 2.24) is 0 Å². The van der Waals surface area contributed by atoms with Gasteiger partial charge >= 0.3 is 5.97 Å². The van der Waals surface area contributed by atoms with Gasteiger partial charge in [-0.15, -0.1) is 12.4 Å². The van der Waals surface area contributed by atoms with Crippen molar-refractivity contribution in [3.8, 4) is 0 Å². The van der Waals surface area contributed by atoms with Gasteiger partial charge in [0.1, 0.15) is 6.04 Å². The van der Waals surface area contributed by atoms with Crippen molar-refractivity contribution in [3.05, 3.63) is 0 Å². The first-order valence-corrected chi connectivity index (χ1v) is 3.17. The highest BCUT2D eigenvalue weighted by atomic mass is 35.5. The van der Waals surface area contributed by atoms with Crippen LogP contribution in [0.2, 0.25) is 0 Å². The van der Waals surface area contributed by atoms with Crippen molar-refractivity contribution in [2.75, 3.05) is 6.61 Å². The Bertz CT molecular complexity index is 120. The van der Waals surface area contributed by atoms with E-state index in [9.17, 15) is 4.79 Å². The van der Waals surface area contributed by atoms with Crippen LogP contribution in [0.5, 0.6) is 0 Å². The minimum Gasteiger partial charge on any atom is -0.480 e. The summed E-state index contributed by atoms with van der Waals surface area (Å²) in [6, 6.07) is -0.845. The van der Waals surface area contributed by atoms with Gasteiger partial charge in [-0.2, -0.15) is 0 Å². The van der Waals surface area contributed by atoms with Gasteiger partial charge in [-0.25, -0.2) is 0 Å². The first-order valence-electron chi connectivity index (χ1n) is 3.17. The van der Waals surface area contributed by atoms with Crippen molar-refractivity contribution in [2.45, 2.75) is 19.4 Å². The first-order chi connectivity index (χ1) is 4.57. The molecule has 2 atom stereocenters. The Morgan fingerprint density at radius 3 is 2.36 bits per heavy atom. The quantitative estimate of drug-likeness (QED) is 0.566. The number of hydrogen-bond donors (Lipinski definition) is 3. The molecular formula is C6H14ClNO3. The number of carboxylic acids is 1. The monoisotopic (exact) mass is 183 g/mol. The number of aliphatic hydroxyl groups excluding tert-OH is 1. The summed E-state index contributed by atoms with van der Waals surface area (Å²) in [5.74, 6) is -1.05. The first kappa shape index (κ1) is 13.3. The van der Waals surface area contributed by atoms with Gasteiger partial charge in [0.05, 0.1) is 0 Å². The molecule has 0 aromatic carbocycles. The lowest BCUT2D eigenvalue weighted by Gasteiger charge is -2.10. The van der Waals surface area contributed by atoms with Gasteiger partial charge in [-0.1, -0.05) is 6.92 Å². The summed E-state index contributed by atoms with van der Waals surface area (Å²) in [7, 11) is 0. The van der Waals surface area contributed by atoms with E-state index in [1.807, 2.05) is 0 Å². The third-order valence-corrected chi connectivity index (χ3v) is 1.29. The predicted molar refractivity (Wildman–Crippen MR) is 43.7 cm³/mol. The van der Waals surface area contributed by atoms with Crippen LogP contribution in [0.15, 0.2) is 0 Å². The summed E-state index contributed by atoms with van der Waals surface area (Å²) in [6.07, 6.45) is 0.325. The molecule has 0 bridgehead atoms. The second-order valence-corrected chi connectivity index (χ2v) is 2.47. The van der Waals surface area contributed by atoms with Gasteiger partial charge in [0.15, 0.2) is 0 Å². The molecule has 0 aromatic rings. The molecular weight excluding hydrogens is 170 g/mol. The van der Waals surface area contributed by atoms with E-state index < -0.39 is 12.0 Å². The van der Waals surface area contributed by atoms with Crippen LogP contribution in [-0.2, 0) is 4.79 Å². The Labute approximate surface area is 71.8 Å². The number of rotatable bonds is 4. The number of carboxylic acid groups (broad SMARTS) is 1. The molecule has 0 saturated carbocycles. The van der Waals surface area contributed by atoms with Crippen LogP contribution in [0.25, 0.3) is 0 Å². The van der Waals surface area contributed by atoms with Crippen LogP contribution in [0.4, 0.5) is 0 Å². The van der Waals surface area contributed by atoms with E-state index in [4.69, 9.17) is 15.9 Å². The maximum atomic E-state index is 10.1. The van der Waals surface area contributed by atoms with Gasteiger partial charge < -0.3 is 15.9 Å². The molecule has 0 rings (SSSR count). The highest BCUT2D eigenvalue weighted by Crippen LogP contribution is 2.02. The largest absolute Gasteiger partial charge is 0.480 e. The average molecular weight is 184 g/mol. The molecule has 4 nitrogen and oxygen atoms in total. The van der Waals surface area contributed by atoms with Gasteiger partial charge in [0.25, 0.3) is 0 Å². The normalized spacial score (nSPS) is 14.8. The summed E-state index contributed by atoms with van der Waals surface area (Å²) in [5, 5.41) is 16.8. The highest BCUT2D eigenvalue weighted by Gasteiger charge is 2.14. The second-order valence-electron chi connectivity index (χ2n) is 2.47. The van der Waals surface area contributed by atoms with Crippen LogP contribution >= 0.6 is 12.4 Å². The van der Waals surface area contributed by atoms with Crippen molar-refractivity contribution in [2.24, 2.45) is 11.7 Å². The molecule has 0 unspecified atom stereocenters. The second kappa shape index (κ2) is 6.39. The fourth-order valence-electron chi connectivity index (χ4n) is 0.609. The predicted octanol–water partition coefficient (Wildman–Crippen LogP) is -0.161. The van der Waals surface area contributed by atoms with E-state index in [0.29, 0.717) is 6.42 Å². The fraction of sp³-hybridized carbons (Fsp3) is 0.833. The molecule has 4 N–H and O–H groups in total. The SMILES string of the molecule is C[C@@H](CO)C[C@H](N)C(=O)O.Cl. The Morgan fingerprint density at radius 2 is 2.09 bits per heavy atom. The van der Waals surface area contributed by atoms with Crippen molar-refractivity contribution < 1.29 is 15.0 Å². The molecule has 0 fully saturated rings. The van der Waals surface area contributed by atoms with E-state index >= 15 is 0 Å². The lowest BCUT2D eigenvalue weighted by Crippen LogP contribution is -2.32. The van der Waals surface area contributed by atoms with E-state index in [0.717, 1.165) is 0 Å². The molecule has 5 heteroatoms. The molecule has 0 aliphatic heterocycles. The molecule has 0 aromatic heterocycles. The van der Waals surface area contributed by atoms with Crippen molar-refractivity contribution in [1.29, 1.82) is 0 Å². The van der Waals surface area contributed by atoms with Gasteiger partial charge in [0, 0.05) is 6.61 Å². The molecule has 0 amide bonds. The summed E-state index contributed by atoms with van der Waals surface area (Å²) in [6.45, 7) is 1.74. The van der Waals surface area contributed by atoms with Crippen LogP contribution in [0, 0.1) is 5.92 Å². The van der Waals surface area contributed by atoms with Crippen molar-refractivity contribution in [3.63, 3.8) is 0 Å². The third kappa shape index (κ3) is 6.09. The third-order valence-electron chi connectivity index (χ3n) is 1.29. The Balaban J connectivity index is 0. The number of hydrogen-bond acceptors (Lipinski definition) is 3. The zero-order valence-electron chi connectivity index (χ0n) is 6.36. The van der Waals surface area contributed by atoms with Gasteiger partial charge in [-0.05, 0) is 12.3 Å². The number of halogens is 1. The standard InChI is InChI=1S/C6H13NO3.ClH/c1-4(3-8)2-5(7)6(9)10;/h4-5,8H,2-3,7H2,1H3,(H,9,10);1H/t4-,5+;/m1./s1. The summed E-state index contributed by atoms with van der Waals surface area (Å²) >= 11 is 0. The molecule has 68 valence electrons. The summed E-state index contributed by atoms with van der Waals surface area (Å²) < 4.78 is 0. The van der Waals surface area contributed by atoms with Crippen LogP contribution < -0.4 is 5.73 Å². The molecule has 0 aliphatic carbocycles. The minimum absolute atomic E-state index is 0. The molecule has 0 heterocycles.